The van der Waals surface area contributed by atoms with E-state index < -0.39 is 0 Å². The lowest BCUT2D eigenvalue weighted by atomic mass is 9.97. The molecule has 0 atom stereocenters. The first-order valence-corrected chi connectivity index (χ1v) is 6.97. The maximum Gasteiger partial charge on any atom is 0.0273 e. The molecule has 2 aromatic carbocycles. The van der Waals surface area contributed by atoms with Crippen LogP contribution < -0.4 is 0 Å². The van der Waals surface area contributed by atoms with Crippen LogP contribution in [0.1, 0.15) is 23.6 Å². The van der Waals surface area contributed by atoms with Gasteiger partial charge in [-0.2, -0.15) is 0 Å². The summed E-state index contributed by atoms with van der Waals surface area (Å²) < 4.78 is 0. The van der Waals surface area contributed by atoms with Crippen LogP contribution in [0.2, 0.25) is 0 Å². The van der Waals surface area contributed by atoms with Crippen LogP contribution in [0, 0.1) is 0 Å². The van der Waals surface area contributed by atoms with E-state index in [1.807, 2.05) is 24.5 Å². The number of aromatic nitrogens is 1. The molecule has 20 heavy (non-hydrogen) atoms. The van der Waals surface area contributed by atoms with Gasteiger partial charge in [-0.3, -0.25) is 4.98 Å². The van der Waals surface area contributed by atoms with Crippen molar-refractivity contribution in [1.82, 2.24) is 4.98 Å². The summed E-state index contributed by atoms with van der Waals surface area (Å²) in [7, 11) is 0. The van der Waals surface area contributed by atoms with E-state index in [0.717, 1.165) is 6.42 Å². The van der Waals surface area contributed by atoms with Crippen LogP contribution in [-0.2, 0) is 6.42 Å². The summed E-state index contributed by atoms with van der Waals surface area (Å²) in [4.78, 5) is 4.04. The van der Waals surface area contributed by atoms with Crippen molar-refractivity contribution in [2.24, 2.45) is 0 Å². The molecule has 0 aliphatic heterocycles. The van der Waals surface area contributed by atoms with Crippen molar-refractivity contribution in [3.8, 4) is 0 Å². The van der Waals surface area contributed by atoms with Crippen molar-refractivity contribution < 1.29 is 0 Å². The van der Waals surface area contributed by atoms with Gasteiger partial charge in [0.05, 0.1) is 0 Å². The summed E-state index contributed by atoms with van der Waals surface area (Å²) in [6.45, 7) is 2.20. The zero-order valence-electron chi connectivity index (χ0n) is 11.6. The number of fused-ring (bicyclic) bond motifs is 1. The maximum absolute atomic E-state index is 4.04. The summed E-state index contributed by atoms with van der Waals surface area (Å²) in [5.74, 6) is 0. The molecule has 1 heterocycles. The lowest BCUT2D eigenvalue weighted by Crippen LogP contribution is -1.86. The van der Waals surface area contributed by atoms with Crippen molar-refractivity contribution in [3.63, 3.8) is 0 Å². The molecule has 0 amide bonds. The Morgan fingerprint density at radius 3 is 2.35 bits per heavy atom. The van der Waals surface area contributed by atoms with Crippen LogP contribution in [0.5, 0.6) is 0 Å². The van der Waals surface area contributed by atoms with Gasteiger partial charge in [-0.05, 0) is 46.0 Å². The number of rotatable bonds is 3. The van der Waals surface area contributed by atoms with E-state index in [-0.39, 0.29) is 0 Å². The molecule has 0 aliphatic carbocycles. The molecular weight excluding hydrogens is 242 g/mol. The molecule has 0 saturated heterocycles. The topological polar surface area (TPSA) is 12.9 Å². The molecule has 0 aliphatic rings. The van der Waals surface area contributed by atoms with Crippen LogP contribution in [0.3, 0.4) is 0 Å². The van der Waals surface area contributed by atoms with Gasteiger partial charge in [-0.15, -0.1) is 0 Å². The Kier molecular flexibility index (Phi) is 3.60. The van der Waals surface area contributed by atoms with Gasteiger partial charge >= 0.3 is 0 Å². The van der Waals surface area contributed by atoms with E-state index in [2.05, 4.69) is 60.5 Å². The Hall–Kier alpha value is -2.41. The van der Waals surface area contributed by atoms with Crippen LogP contribution >= 0.6 is 0 Å². The van der Waals surface area contributed by atoms with E-state index in [0.29, 0.717) is 0 Å². The summed E-state index contributed by atoms with van der Waals surface area (Å²) in [5, 5.41) is 2.67. The van der Waals surface area contributed by atoms with Crippen LogP contribution in [0.4, 0.5) is 0 Å². The van der Waals surface area contributed by atoms with Gasteiger partial charge in [-0.25, -0.2) is 0 Å². The van der Waals surface area contributed by atoms with Crippen molar-refractivity contribution in [1.29, 1.82) is 0 Å². The van der Waals surface area contributed by atoms with Crippen molar-refractivity contribution in [2.45, 2.75) is 13.3 Å². The second-order valence-electron chi connectivity index (χ2n) is 4.83. The lowest BCUT2D eigenvalue weighted by Gasteiger charge is -2.07. The number of hydrogen-bond acceptors (Lipinski definition) is 1. The van der Waals surface area contributed by atoms with Gasteiger partial charge in [0.25, 0.3) is 0 Å². The predicted molar refractivity (Wildman–Crippen MR) is 86.5 cm³/mol. The highest BCUT2D eigenvalue weighted by Gasteiger charge is 2.02. The molecule has 1 heteroatoms. The van der Waals surface area contributed by atoms with Crippen molar-refractivity contribution in [2.75, 3.05) is 0 Å². The molecule has 0 N–H and O–H groups in total. The maximum atomic E-state index is 4.04. The minimum atomic E-state index is 1.06. The second kappa shape index (κ2) is 5.70. The lowest BCUT2D eigenvalue weighted by molar-refractivity contribution is 1.16. The smallest absolute Gasteiger partial charge is 0.0273 e. The highest BCUT2D eigenvalue weighted by atomic mass is 14.6. The Balaban J connectivity index is 2.07. The van der Waals surface area contributed by atoms with E-state index in [1.165, 1.54) is 27.5 Å². The summed E-state index contributed by atoms with van der Waals surface area (Å²) in [6, 6.07) is 17.1. The average molecular weight is 259 g/mol. The fourth-order valence-corrected chi connectivity index (χ4v) is 2.50. The van der Waals surface area contributed by atoms with Gasteiger partial charge < -0.3 is 0 Å². The number of aryl methyl sites for hydroxylation is 1. The first-order valence-electron chi connectivity index (χ1n) is 6.97. The number of nitrogens with zero attached hydrogens (tertiary/aromatic N) is 1. The first-order chi connectivity index (χ1) is 9.88. The standard InChI is InChI=1S/C19H17N/c1-2-16-9-10-17(19-6-4-3-5-18(16)19)8-7-15-11-13-20-14-12-15/h3-14H,2H2,1H3/b8-7+. The van der Waals surface area contributed by atoms with Crippen LogP contribution in [0.15, 0.2) is 60.9 Å². The third-order valence-electron chi connectivity index (χ3n) is 3.59. The van der Waals surface area contributed by atoms with Gasteiger partial charge in [0, 0.05) is 12.4 Å². The third kappa shape index (κ3) is 2.48. The molecule has 0 bridgehead atoms. The van der Waals surface area contributed by atoms with Crippen LogP contribution in [0.25, 0.3) is 22.9 Å². The summed E-state index contributed by atoms with van der Waals surface area (Å²) >= 11 is 0. The minimum Gasteiger partial charge on any atom is -0.265 e. The fourth-order valence-electron chi connectivity index (χ4n) is 2.50. The monoisotopic (exact) mass is 259 g/mol. The number of pyridine rings is 1. The molecule has 3 rings (SSSR count). The highest BCUT2D eigenvalue weighted by molar-refractivity contribution is 5.94. The predicted octanol–water partition coefficient (Wildman–Crippen LogP) is 4.97. The average Bonchev–Trinajstić information content (AvgIpc) is 2.53. The van der Waals surface area contributed by atoms with E-state index in [9.17, 15) is 0 Å². The van der Waals surface area contributed by atoms with Crippen molar-refractivity contribution in [3.05, 3.63) is 77.6 Å². The van der Waals surface area contributed by atoms with Gasteiger partial charge in [0.2, 0.25) is 0 Å². The molecule has 1 nitrogen and oxygen atoms in total. The Morgan fingerprint density at radius 1 is 0.850 bits per heavy atom. The summed E-state index contributed by atoms with van der Waals surface area (Å²) in [6.07, 6.45) is 9.01. The molecule has 0 spiro atoms. The third-order valence-corrected chi connectivity index (χ3v) is 3.59. The summed E-state index contributed by atoms with van der Waals surface area (Å²) in [5.41, 5.74) is 3.83. The second-order valence-corrected chi connectivity index (χ2v) is 4.83. The zero-order valence-corrected chi connectivity index (χ0v) is 11.6. The molecule has 0 saturated carbocycles. The highest BCUT2D eigenvalue weighted by Crippen LogP contribution is 2.24. The van der Waals surface area contributed by atoms with Gasteiger partial charge in [-0.1, -0.05) is 55.5 Å². The van der Waals surface area contributed by atoms with E-state index in [4.69, 9.17) is 0 Å². The fraction of sp³-hybridized carbons (Fsp3) is 0.105. The van der Waals surface area contributed by atoms with E-state index >= 15 is 0 Å². The van der Waals surface area contributed by atoms with Gasteiger partial charge in [0.1, 0.15) is 0 Å². The van der Waals surface area contributed by atoms with Gasteiger partial charge in [0.15, 0.2) is 0 Å². The molecule has 3 aromatic rings. The van der Waals surface area contributed by atoms with Crippen molar-refractivity contribution >= 4 is 22.9 Å². The number of benzene rings is 2. The first kappa shape index (κ1) is 12.6. The number of hydrogen-bond donors (Lipinski definition) is 0. The van der Waals surface area contributed by atoms with Crippen LogP contribution in [-0.4, -0.2) is 4.98 Å². The molecular formula is C19H17N. The molecule has 98 valence electrons. The molecule has 0 radical (unpaired) electrons. The molecule has 1 aromatic heterocycles. The molecule has 0 fully saturated rings. The largest absolute Gasteiger partial charge is 0.265 e. The minimum absolute atomic E-state index is 1.06. The van der Waals surface area contributed by atoms with E-state index in [1.54, 1.807) is 0 Å². The zero-order chi connectivity index (χ0) is 13.8. The molecule has 0 unspecified atom stereocenters. The Labute approximate surface area is 119 Å². The SMILES string of the molecule is CCc1ccc(/C=C/c2ccncc2)c2ccccc12. The Bertz CT molecular complexity index is 742. The quantitative estimate of drug-likeness (QED) is 0.647. The normalized spacial score (nSPS) is 11.2. The Morgan fingerprint density at radius 2 is 1.60 bits per heavy atom.